The Labute approximate surface area is 303 Å². The lowest BCUT2D eigenvalue weighted by molar-refractivity contribution is 0.0193. The molecule has 52 heavy (non-hydrogen) atoms. The zero-order valence-corrected chi connectivity index (χ0v) is 29.6. The first kappa shape index (κ1) is 35.2. The predicted molar refractivity (Wildman–Crippen MR) is 196 cm³/mol. The molecular weight excluding hydrogens is 662 g/mol. The van der Waals surface area contributed by atoms with Crippen LogP contribution in [0.5, 0.6) is 5.75 Å². The number of aliphatic hydroxyl groups excluding tert-OH is 1. The minimum atomic E-state index is -1.01. The zero-order valence-electron chi connectivity index (χ0n) is 29.6. The van der Waals surface area contributed by atoms with Gasteiger partial charge in [0.2, 0.25) is 0 Å². The number of benzene rings is 3. The minimum Gasteiger partial charge on any atom is -0.508 e. The third kappa shape index (κ3) is 6.89. The number of aromatic nitrogens is 1. The second kappa shape index (κ2) is 14.8. The number of morpholine rings is 1. The van der Waals surface area contributed by atoms with Gasteiger partial charge in [-0.25, -0.2) is 4.79 Å². The highest BCUT2D eigenvalue weighted by atomic mass is 16.5. The van der Waals surface area contributed by atoms with Crippen molar-refractivity contribution in [2.75, 3.05) is 57.9 Å². The van der Waals surface area contributed by atoms with Crippen LogP contribution in [-0.2, 0) is 37.2 Å². The number of amides is 3. The molecule has 0 spiro atoms. The maximum absolute atomic E-state index is 15.2. The van der Waals surface area contributed by atoms with Gasteiger partial charge in [0.15, 0.2) is 0 Å². The van der Waals surface area contributed by atoms with E-state index in [-0.39, 0.29) is 43.3 Å². The summed E-state index contributed by atoms with van der Waals surface area (Å²) < 4.78 is 7.50. The van der Waals surface area contributed by atoms with E-state index in [0.717, 1.165) is 29.8 Å². The Kier molecular flexibility index (Phi) is 10.0. The van der Waals surface area contributed by atoms with Crippen LogP contribution in [0.25, 0.3) is 11.3 Å². The summed E-state index contributed by atoms with van der Waals surface area (Å²) in [6, 6.07) is 20.1. The fourth-order valence-electron chi connectivity index (χ4n) is 7.83. The summed E-state index contributed by atoms with van der Waals surface area (Å²) in [5.41, 5.74) is 7.40. The van der Waals surface area contributed by atoms with Crippen molar-refractivity contribution in [2.24, 2.45) is 0 Å². The molecule has 0 unspecified atom stereocenters. The number of rotatable bonds is 8. The molecule has 3 aliphatic rings. The van der Waals surface area contributed by atoms with Gasteiger partial charge in [-0.05, 0) is 84.5 Å². The van der Waals surface area contributed by atoms with E-state index in [9.17, 15) is 24.9 Å². The molecule has 3 aliphatic heterocycles. The maximum Gasteiger partial charge on any atom is 0.407 e. The Morgan fingerprint density at radius 2 is 1.62 bits per heavy atom. The van der Waals surface area contributed by atoms with Crippen LogP contribution in [0.2, 0.25) is 0 Å². The van der Waals surface area contributed by atoms with Crippen LogP contribution in [0.4, 0.5) is 10.5 Å². The van der Waals surface area contributed by atoms with Crippen molar-refractivity contribution >= 4 is 23.6 Å². The predicted octanol–water partition coefficient (Wildman–Crippen LogP) is 4.37. The molecule has 12 nitrogen and oxygen atoms in total. The molecule has 12 heteroatoms. The largest absolute Gasteiger partial charge is 0.508 e. The van der Waals surface area contributed by atoms with Crippen LogP contribution in [0, 0.1) is 6.92 Å². The standard InChI is InChI=1S/C40H45N5O7/c1-26-34(38(48)41(2)31-7-9-33(47)10-8-31)22-37(44(26)13-16-46)35-20-28-11-12-43(40(50)51)23-30(28)21-36(35)39(49)45-24-29-6-4-3-5-27(29)19-32(45)25-42-14-17-52-18-15-42/h3-10,20-22,32,46-47H,11-19,23-25H2,1-2H3,(H,50,51)/t32-/m0/s1. The van der Waals surface area contributed by atoms with Gasteiger partial charge in [-0.1, -0.05) is 24.3 Å². The van der Waals surface area contributed by atoms with Crippen LogP contribution < -0.4 is 4.90 Å². The molecule has 3 aromatic carbocycles. The fraction of sp³-hybridized carbons (Fsp3) is 0.375. The van der Waals surface area contributed by atoms with Crippen LogP contribution >= 0.6 is 0 Å². The van der Waals surface area contributed by atoms with Crippen LogP contribution in [0.3, 0.4) is 0 Å². The molecule has 0 radical (unpaired) electrons. The van der Waals surface area contributed by atoms with Gasteiger partial charge in [-0.2, -0.15) is 0 Å². The highest BCUT2D eigenvalue weighted by Gasteiger charge is 2.35. The third-order valence-corrected chi connectivity index (χ3v) is 10.8. The van der Waals surface area contributed by atoms with Gasteiger partial charge < -0.3 is 39.3 Å². The Bertz CT molecular complexity index is 1980. The molecule has 0 bridgehead atoms. The van der Waals surface area contributed by atoms with Gasteiger partial charge in [0.05, 0.1) is 25.4 Å². The Morgan fingerprint density at radius 1 is 0.885 bits per heavy atom. The number of phenolic OH excluding ortho intramolecular Hbond substituents is 1. The lowest BCUT2D eigenvalue weighted by atomic mass is 9.89. The first-order valence-corrected chi connectivity index (χ1v) is 17.8. The number of phenols is 1. The van der Waals surface area contributed by atoms with Crippen molar-refractivity contribution in [2.45, 2.75) is 45.4 Å². The van der Waals surface area contributed by atoms with Gasteiger partial charge in [0.1, 0.15) is 5.75 Å². The highest BCUT2D eigenvalue weighted by Crippen LogP contribution is 2.36. The molecule has 272 valence electrons. The molecule has 1 fully saturated rings. The number of hydrogen-bond donors (Lipinski definition) is 3. The molecule has 1 saturated heterocycles. The van der Waals surface area contributed by atoms with E-state index in [1.54, 1.807) is 25.2 Å². The summed E-state index contributed by atoms with van der Waals surface area (Å²) in [4.78, 5) is 48.4. The van der Waals surface area contributed by atoms with Crippen molar-refractivity contribution in [1.82, 2.24) is 19.3 Å². The van der Waals surface area contributed by atoms with Crippen molar-refractivity contribution in [3.8, 4) is 17.0 Å². The SMILES string of the molecule is Cc1c(C(=O)N(C)c2ccc(O)cc2)cc(-c2cc3c(cc2C(=O)N2Cc4ccccc4C[C@H]2CN2CCOCC2)CN(C(=O)O)CC3)n1CCO. The van der Waals surface area contributed by atoms with Crippen molar-refractivity contribution in [3.63, 3.8) is 0 Å². The van der Waals surface area contributed by atoms with E-state index in [4.69, 9.17) is 4.74 Å². The number of anilines is 1. The molecule has 0 aliphatic carbocycles. The van der Waals surface area contributed by atoms with E-state index in [1.165, 1.54) is 27.5 Å². The van der Waals surface area contributed by atoms with Gasteiger partial charge in [-0.15, -0.1) is 0 Å². The summed E-state index contributed by atoms with van der Waals surface area (Å²) in [5.74, 6) is -0.346. The lowest BCUT2D eigenvalue weighted by Gasteiger charge is -2.41. The Hall–Kier alpha value is -5.17. The summed E-state index contributed by atoms with van der Waals surface area (Å²) in [6.07, 6.45) is 0.179. The Balaban J connectivity index is 1.34. The summed E-state index contributed by atoms with van der Waals surface area (Å²) in [7, 11) is 1.67. The van der Waals surface area contributed by atoms with E-state index in [2.05, 4.69) is 17.0 Å². The maximum atomic E-state index is 15.2. The monoisotopic (exact) mass is 707 g/mol. The third-order valence-electron chi connectivity index (χ3n) is 10.8. The van der Waals surface area contributed by atoms with Crippen molar-refractivity contribution in [3.05, 3.63) is 106 Å². The molecule has 3 N–H and O–H groups in total. The lowest BCUT2D eigenvalue weighted by Crippen LogP contribution is -2.52. The Morgan fingerprint density at radius 3 is 2.33 bits per heavy atom. The van der Waals surface area contributed by atoms with E-state index >= 15 is 4.79 Å². The quantitative estimate of drug-likeness (QED) is 0.246. The van der Waals surface area contributed by atoms with Gasteiger partial charge >= 0.3 is 6.09 Å². The summed E-state index contributed by atoms with van der Waals surface area (Å²) in [5, 5.41) is 29.9. The summed E-state index contributed by atoms with van der Waals surface area (Å²) in [6.45, 7) is 6.35. The number of hydrogen-bond acceptors (Lipinski definition) is 7. The van der Waals surface area contributed by atoms with Crippen LogP contribution in [0.1, 0.15) is 48.7 Å². The topological polar surface area (TPSA) is 139 Å². The van der Waals surface area contributed by atoms with Gasteiger partial charge in [0, 0.05) is 87.1 Å². The minimum absolute atomic E-state index is 0.0950. The normalized spacial score (nSPS) is 17.4. The first-order valence-electron chi connectivity index (χ1n) is 17.8. The average Bonchev–Trinajstić information content (AvgIpc) is 3.48. The van der Waals surface area contributed by atoms with E-state index in [0.29, 0.717) is 79.5 Å². The smallest absolute Gasteiger partial charge is 0.407 e. The number of ether oxygens (including phenoxy) is 1. The first-order chi connectivity index (χ1) is 25.1. The number of aromatic hydroxyl groups is 1. The molecular formula is C40H45N5O7. The van der Waals surface area contributed by atoms with Crippen molar-refractivity contribution in [1.29, 1.82) is 0 Å². The number of carboxylic acid groups (broad SMARTS) is 1. The van der Waals surface area contributed by atoms with E-state index < -0.39 is 6.09 Å². The summed E-state index contributed by atoms with van der Waals surface area (Å²) >= 11 is 0. The molecule has 7 rings (SSSR count). The van der Waals surface area contributed by atoms with Crippen LogP contribution in [0.15, 0.2) is 66.7 Å². The zero-order chi connectivity index (χ0) is 36.5. The number of carbonyl (C=O) groups excluding carboxylic acids is 2. The molecule has 1 atom stereocenters. The van der Waals surface area contributed by atoms with Crippen molar-refractivity contribution < 1.29 is 34.4 Å². The molecule has 4 heterocycles. The molecule has 4 aromatic rings. The number of carbonyl (C=O) groups is 3. The second-order valence-electron chi connectivity index (χ2n) is 13.9. The van der Waals surface area contributed by atoms with Crippen LogP contribution in [-0.4, -0.2) is 112 Å². The fourth-order valence-corrected chi connectivity index (χ4v) is 7.83. The van der Waals surface area contributed by atoms with Gasteiger partial charge in [-0.3, -0.25) is 14.5 Å². The molecule has 3 amide bonds. The van der Waals surface area contributed by atoms with E-state index in [1.807, 2.05) is 40.7 Å². The number of aliphatic hydroxyl groups is 1. The number of fused-ring (bicyclic) bond motifs is 2. The van der Waals surface area contributed by atoms with Gasteiger partial charge in [0.25, 0.3) is 11.8 Å². The average molecular weight is 708 g/mol. The molecule has 0 saturated carbocycles. The highest BCUT2D eigenvalue weighted by molar-refractivity contribution is 6.08. The number of nitrogens with zero attached hydrogens (tertiary/aromatic N) is 5. The molecule has 1 aromatic heterocycles. The second-order valence-corrected chi connectivity index (χ2v) is 13.9.